The van der Waals surface area contributed by atoms with E-state index in [9.17, 15) is 9.59 Å². The standard InChI is InChI=1S/C14H25N3O3/c18-13(19)11-16-7-4-8-17(10-9-16)14(20)12-5-2-1-3-6-15-12/h12,15H,1-11H2,(H,18,19). The lowest BCUT2D eigenvalue weighted by Crippen LogP contribution is -2.47. The molecule has 0 spiro atoms. The van der Waals surface area contributed by atoms with Gasteiger partial charge in [-0.15, -0.1) is 0 Å². The van der Waals surface area contributed by atoms with Crippen LogP contribution in [0.25, 0.3) is 0 Å². The molecule has 2 N–H and O–H groups in total. The van der Waals surface area contributed by atoms with Crippen molar-refractivity contribution in [3.63, 3.8) is 0 Å². The van der Waals surface area contributed by atoms with Gasteiger partial charge in [0.2, 0.25) is 5.91 Å². The predicted molar refractivity (Wildman–Crippen MR) is 75.5 cm³/mol. The van der Waals surface area contributed by atoms with Crippen LogP contribution in [-0.2, 0) is 9.59 Å². The summed E-state index contributed by atoms with van der Waals surface area (Å²) in [4.78, 5) is 27.1. The Morgan fingerprint density at radius 1 is 1.05 bits per heavy atom. The van der Waals surface area contributed by atoms with Crippen LogP contribution in [0.2, 0.25) is 0 Å². The van der Waals surface area contributed by atoms with Gasteiger partial charge >= 0.3 is 5.97 Å². The van der Waals surface area contributed by atoms with E-state index in [1.807, 2.05) is 9.80 Å². The third-order valence-corrected chi connectivity index (χ3v) is 4.12. The Labute approximate surface area is 120 Å². The summed E-state index contributed by atoms with van der Waals surface area (Å²) in [5.74, 6) is -0.598. The van der Waals surface area contributed by atoms with E-state index in [2.05, 4.69) is 5.32 Å². The third kappa shape index (κ3) is 4.45. The van der Waals surface area contributed by atoms with E-state index < -0.39 is 5.97 Å². The van der Waals surface area contributed by atoms with Gasteiger partial charge in [-0.2, -0.15) is 0 Å². The van der Waals surface area contributed by atoms with Crippen molar-refractivity contribution in [2.45, 2.75) is 38.1 Å². The van der Waals surface area contributed by atoms with Crippen molar-refractivity contribution in [1.29, 1.82) is 0 Å². The number of hydrogen-bond donors (Lipinski definition) is 2. The topological polar surface area (TPSA) is 72.9 Å². The Morgan fingerprint density at radius 3 is 2.70 bits per heavy atom. The lowest BCUT2D eigenvalue weighted by molar-refractivity contribution is -0.138. The molecule has 0 saturated carbocycles. The number of carboxylic acids is 1. The van der Waals surface area contributed by atoms with Crippen LogP contribution in [0.3, 0.4) is 0 Å². The maximum absolute atomic E-state index is 12.5. The number of aliphatic carboxylic acids is 1. The molecular formula is C14H25N3O3. The predicted octanol–water partition coefficient (Wildman–Crippen LogP) is 0.138. The fourth-order valence-corrected chi connectivity index (χ4v) is 3.00. The van der Waals surface area contributed by atoms with E-state index in [1.54, 1.807) is 0 Å². The number of carbonyl (C=O) groups is 2. The summed E-state index contributed by atoms with van der Waals surface area (Å²) in [7, 11) is 0. The fourth-order valence-electron chi connectivity index (χ4n) is 3.00. The number of carbonyl (C=O) groups excluding carboxylic acids is 1. The summed E-state index contributed by atoms with van der Waals surface area (Å²) in [5.41, 5.74) is 0. The van der Waals surface area contributed by atoms with E-state index in [-0.39, 0.29) is 18.5 Å². The third-order valence-electron chi connectivity index (χ3n) is 4.12. The van der Waals surface area contributed by atoms with Crippen molar-refractivity contribution in [2.24, 2.45) is 0 Å². The zero-order valence-electron chi connectivity index (χ0n) is 12.0. The van der Waals surface area contributed by atoms with Crippen LogP contribution in [0.1, 0.15) is 32.1 Å². The second-order valence-electron chi connectivity index (χ2n) is 5.70. The summed E-state index contributed by atoms with van der Waals surface area (Å²) in [6.07, 6.45) is 5.24. The molecule has 2 saturated heterocycles. The van der Waals surface area contributed by atoms with Crippen LogP contribution >= 0.6 is 0 Å². The largest absolute Gasteiger partial charge is 0.480 e. The first kappa shape index (κ1) is 15.3. The van der Waals surface area contributed by atoms with E-state index in [0.29, 0.717) is 13.1 Å². The van der Waals surface area contributed by atoms with Crippen LogP contribution < -0.4 is 5.32 Å². The summed E-state index contributed by atoms with van der Waals surface area (Å²) in [6.45, 7) is 3.80. The molecule has 2 aliphatic rings. The maximum Gasteiger partial charge on any atom is 0.317 e. The molecule has 0 aromatic carbocycles. The van der Waals surface area contributed by atoms with Crippen molar-refractivity contribution in [1.82, 2.24) is 15.1 Å². The average molecular weight is 283 g/mol. The van der Waals surface area contributed by atoms with Gasteiger partial charge in [0, 0.05) is 26.2 Å². The Hall–Kier alpha value is -1.14. The zero-order chi connectivity index (χ0) is 14.4. The molecule has 114 valence electrons. The molecule has 6 nitrogen and oxygen atoms in total. The van der Waals surface area contributed by atoms with Gasteiger partial charge in [-0.25, -0.2) is 0 Å². The molecule has 2 rings (SSSR count). The Balaban J connectivity index is 1.85. The van der Waals surface area contributed by atoms with E-state index in [0.717, 1.165) is 45.3 Å². The summed E-state index contributed by atoms with van der Waals surface area (Å²) in [6, 6.07) is -0.0384. The van der Waals surface area contributed by atoms with Crippen molar-refractivity contribution in [3.05, 3.63) is 0 Å². The monoisotopic (exact) mass is 283 g/mol. The number of nitrogens with one attached hydrogen (secondary N) is 1. The summed E-state index contributed by atoms with van der Waals surface area (Å²) < 4.78 is 0. The molecule has 2 heterocycles. The van der Waals surface area contributed by atoms with Crippen molar-refractivity contribution < 1.29 is 14.7 Å². The van der Waals surface area contributed by atoms with Gasteiger partial charge in [0.1, 0.15) is 0 Å². The number of nitrogens with zero attached hydrogens (tertiary/aromatic N) is 2. The number of carboxylic acid groups (broad SMARTS) is 1. The number of hydrogen-bond acceptors (Lipinski definition) is 4. The molecule has 2 fully saturated rings. The molecule has 1 unspecified atom stereocenters. The normalized spacial score (nSPS) is 25.8. The number of amides is 1. The van der Waals surface area contributed by atoms with Gasteiger partial charge in [0.05, 0.1) is 12.6 Å². The van der Waals surface area contributed by atoms with Gasteiger partial charge in [-0.1, -0.05) is 12.8 Å². The van der Waals surface area contributed by atoms with Gasteiger partial charge in [-0.05, 0) is 25.8 Å². The maximum atomic E-state index is 12.5. The molecule has 1 amide bonds. The average Bonchev–Trinajstić information content (AvgIpc) is 2.80. The molecular weight excluding hydrogens is 258 g/mol. The van der Waals surface area contributed by atoms with Crippen LogP contribution in [0.4, 0.5) is 0 Å². The number of rotatable bonds is 3. The lowest BCUT2D eigenvalue weighted by Gasteiger charge is -2.26. The first-order valence-electron chi connectivity index (χ1n) is 7.63. The minimum atomic E-state index is -0.796. The van der Waals surface area contributed by atoms with Gasteiger partial charge < -0.3 is 15.3 Å². The first-order valence-corrected chi connectivity index (χ1v) is 7.63. The molecule has 0 radical (unpaired) electrons. The van der Waals surface area contributed by atoms with Crippen LogP contribution in [0.5, 0.6) is 0 Å². The molecule has 0 aromatic rings. The molecule has 6 heteroatoms. The summed E-state index contributed by atoms with van der Waals surface area (Å²) >= 11 is 0. The molecule has 0 aliphatic carbocycles. The fraction of sp³-hybridized carbons (Fsp3) is 0.857. The summed E-state index contributed by atoms with van der Waals surface area (Å²) in [5, 5.41) is 12.2. The Kier molecular flexibility index (Phi) is 5.79. The minimum absolute atomic E-state index is 0.0384. The lowest BCUT2D eigenvalue weighted by atomic mass is 10.1. The SMILES string of the molecule is O=C(O)CN1CCCN(C(=O)C2CCCCCN2)CC1. The van der Waals surface area contributed by atoms with Crippen LogP contribution in [0.15, 0.2) is 0 Å². The first-order chi connectivity index (χ1) is 9.66. The van der Waals surface area contributed by atoms with Gasteiger partial charge in [0.25, 0.3) is 0 Å². The highest BCUT2D eigenvalue weighted by Crippen LogP contribution is 2.12. The zero-order valence-corrected chi connectivity index (χ0v) is 12.0. The smallest absolute Gasteiger partial charge is 0.317 e. The van der Waals surface area contributed by atoms with Gasteiger partial charge in [0.15, 0.2) is 0 Å². The van der Waals surface area contributed by atoms with E-state index in [1.165, 1.54) is 6.42 Å². The second-order valence-corrected chi connectivity index (χ2v) is 5.70. The van der Waals surface area contributed by atoms with Crippen molar-refractivity contribution in [2.75, 3.05) is 39.3 Å². The highest BCUT2D eigenvalue weighted by atomic mass is 16.4. The highest BCUT2D eigenvalue weighted by molar-refractivity contribution is 5.82. The van der Waals surface area contributed by atoms with Crippen molar-refractivity contribution >= 4 is 11.9 Å². The minimum Gasteiger partial charge on any atom is -0.480 e. The molecule has 2 aliphatic heterocycles. The Morgan fingerprint density at radius 2 is 1.90 bits per heavy atom. The Bertz CT molecular complexity index is 341. The molecule has 0 bridgehead atoms. The van der Waals surface area contributed by atoms with E-state index in [4.69, 9.17) is 5.11 Å². The van der Waals surface area contributed by atoms with E-state index >= 15 is 0 Å². The quantitative estimate of drug-likeness (QED) is 0.771. The molecule has 0 aromatic heterocycles. The highest BCUT2D eigenvalue weighted by Gasteiger charge is 2.26. The van der Waals surface area contributed by atoms with Gasteiger partial charge in [-0.3, -0.25) is 14.5 Å². The molecule has 20 heavy (non-hydrogen) atoms. The second kappa shape index (κ2) is 7.59. The van der Waals surface area contributed by atoms with Crippen LogP contribution in [-0.4, -0.2) is 72.1 Å². The molecule has 1 atom stereocenters. The van der Waals surface area contributed by atoms with Crippen LogP contribution in [0, 0.1) is 0 Å². The van der Waals surface area contributed by atoms with Crippen molar-refractivity contribution in [3.8, 4) is 0 Å².